The van der Waals surface area contributed by atoms with Crippen molar-refractivity contribution in [3.63, 3.8) is 0 Å². The fourth-order valence-corrected chi connectivity index (χ4v) is 0.387. The molecule has 5 heteroatoms. The number of hydrogen-bond acceptors (Lipinski definition) is 3. The molecule has 4 nitrogen and oxygen atoms in total. The molecule has 1 amide bonds. The van der Waals surface area contributed by atoms with E-state index in [0.29, 0.717) is 13.0 Å². The van der Waals surface area contributed by atoms with Crippen molar-refractivity contribution in [1.29, 1.82) is 0 Å². The third-order valence-corrected chi connectivity index (χ3v) is 0.998. The van der Waals surface area contributed by atoms with Crippen LogP contribution in [0.4, 0.5) is 0 Å². The molecule has 0 aliphatic heterocycles. The molecule has 0 aromatic carbocycles. The SMILES string of the molecule is COCC[C@H](N)C(N)=O.Cl. The highest BCUT2D eigenvalue weighted by Gasteiger charge is 2.06. The van der Waals surface area contributed by atoms with E-state index in [1.54, 1.807) is 7.11 Å². The first-order valence-electron chi connectivity index (χ1n) is 2.72. The van der Waals surface area contributed by atoms with Crippen molar-refractivity contribution >= 4 is 18.3 Å². The molecule has 0 aliphatic carbocycles. The first-order chi connectivity index (χ1) is 4.18. The van der Waals surface area contributed by atoms with E-state index in [2.05, 4.69) is 4.74 Å². The Kier molecular flexibility index (Phi) is 8.40. The van der Waals surface area contributed by atoms with E-state index >= 15 is 0 Å². The average molecular weight is 169 g/mol. The largest absolute Gasteiger partial charge is 0.385 e. The summed E-state index contributed by atoms with van der Waals surface area (Å²) in [6, 6.07) is -0.565. The molecule has 0 aromatic heterocycles. The monoisotopic (exact) mass is 168 g/mol. The lowest BCUT2D eigenvalue weighted by atomic mass is 10.2. The lowest BCUT2D eigenvalue weighted by Gasteiger charge is -2.04. The van der Waals surface area contributed by atoms with Gasteiger partial charge in [-0.2, -0.15) is 0 Å². The molecule has 1 atom stereocenters. The van der Waals surface area contributed by atoms with E-state index in [1.165, 1.54) is 0 Å². The lowest BCUT2D eigenvalue weighted by Crippen LogP contribution is -2.37. The van der Waals surface area contributed by atoms with Crippen LogP contribution in [0, 0.1) is 0 Å². The van der Waals surface area contributed by atoms with Gasteiger partial charge in [0.15, 0.2) is 0 Å². The number of amides is 1. The highest BCUT2D eigenvalue weighted by molar-refractivity contribution is 5.85. The number of rotatable bonds is 4. The number of carbonyl (C=O) groups is 1. The third kappa shape index (κ3) is 5.81. The molecule has 0 fully saturated rings. The van der Waals surface area contributed by atoms with Crippen molar-refractivity contribution in [3.05, 3.63) is 0 Å². The van der Waals surface area contributed by atoms with Gasteiger partial charge in [-0.1, -0.05) is 0 Å². The van der Waals surface area contributed by atoms with Gasteiger partial charge in [0.25, 0.3) is 0 Å². The molecular weight excluding hydrogens is 156 g/mol. The summed E-state index contributed by atoms with van der Waals surface area (Å²) in [5.41, 5.74) is 10.1. The van der Waals surface area contributed by atoms with Gasteiger partial charge < -0.3 is 16.2 Å². The minimum Gasteiger partial charge on any atom is -0.385 e. The van der Waals surface area contributed by atoms with Gasteiger partial charge in [0.05, 0.1) is 6.04 Å². The lowest BCUT2D eigenvalue weighted by molar-refractivity contribution is -0.119. The third-order valence-electron chi connectivity index (χ3n) is 0.998. The van der Waals surface area contributed by atoms with Crippen molar-refractivity contribution in [2.24, 2.45) is 11.5 Å². The smallest absolute Gasteiger partial charge is 0.234 e. The predicted octanol–water partition coefficient (Wildman–Crippen LogP) is -0.743. The van der Waals surface area contributed by atoms with Gasteiger partial charge in [-0.25, -0.2) is 0 Å². The summed E-state index contributed by atoms with van der Waals surface area (Å²) in [4.78, 5) is 10.2. The Balaban J connectivity index is 0. The Bertz CT molecular complexity index is 99.6. The van der Waals surface area contributed by atoms with Crippen LogP contribution in [0.3, 0.4) is 0 Å². The summed E-state index contributed by atoms with van der Waals surface area (Å²) in [5.74, 6) is -0.480. The second-order valence-electron chi connectivity index (χ2n) is 1.79. The van der Waals surface area contributed by atoms with Crippen LogP contribution in [-0.2, 0) is 9.53 Å². The van der Waals surface area contributed by atoms with Crippen molar-refractivity contribution in [2.45, 2.75) is 12.5 Å². The van der Waals surface area contributed by atoms with E-state index in [-0.39, 0.29) is 12.4 Å². The molecule has 0 aromatic rings. The Labute approximate surface area is 66.3 Å². The minimum absolute atomic E-state index is 0. The Morgan fingerprint density at radius 3 is 2.50 bits per heavy atom. The van der Waals surface area contributed by atoms with Gasteiger partial charge >= 0.3 is 0 Å². The molecule has 62 valence electrons. The van der Waals surface area contributed by atoms with Crippen LogP contribution in [0.15, 0.2) is 0 Å². The predicted molar refractivity (Wildman–Crippen MR) is 40.9 cm³/mol. The highest BCUT2D eigenvalue weighted by atomic mass is 35.5. The Hall–Kier alpha value is -0.320. The molecule has 0 heterocycles. The fraction of sp³-hybridized carbons (Fsp3) is 0.800. The van der Waals surface area contributed by atoms with E-state index in [4.69, 9.17) is 11.5 Å². The van der Waals surface area contributed by atoms with Gasteiger partial charge in [0.1, 0.15) is 0 Å². The van der Waals surface area contributed by atoms with Gasteiger partial charge in [0.2, 0.25) is 5.91 Å². The van der Waals surface area contributed by atoms with Crippen LogP contribution in [0.25, 0.3) is 0 Å². The molecule has 0 aliphatic rings. The highest BCUT2D eigenvalue weighted by Crippen LogP contribution is 1.85. The van der Waals surface area contributed by atoms with Gasteiger partial charge in [-0.3, -0.25) is 4.79 Å². The summed E-state index contributed by atoms with van der Waals surface area (Å²) in [7, 11) is 1.55. The number of methoxy groups -OCH3 is 1. The zero-order chi connectivity index (χ0) is 7.28. The molecule has 0 rings (SSSR count). The van der Waals surface area contributed by atoms with Crippen molar-refractivity contribution in [2.75, 3.05) is 13.7 Å². The van der Waals surface area contributed by atoms with Crippen LogP contribution in [0.5, 0.6) is 0 Å². The molecular formula is C5H13ClN2O2. The Morgan fingerprint density at radius 2 is 2.20 bits per heavy atom. The molecule has 0 bridgehead atoms. The number of hydrogen-bond donors (Lipinski definition) is 2. The molecule has 0 spiro atoms. The molecule has 0 saturated heterocycles. The summed E-state index contributed by atoms with van der Waals surface area (Å²) < 4.78 is 4.67. The standard InChI is InChI=1S/C5H12N2O2.ClH/c1-9-3-2-4(6)5(7)8;/h4H,2-3,6H2,1H3,(H2,7,8);1H/t4-;/m0./s1. The van der Waals surface area contributed by atoms with E-state index < -0.39 is 11.9 Å². The maximum Gasteiger partial charge on any atom is 0.234 e. The van der Waals surface area contributed by atoms with Crippen LogP contribution in [0.1, 0.15) is 6.42 Å². The number of halogens is 1. The molecule has 0 radical (unpaired) electrons. The molecule has 4 N–H and O–H groups in total. The molecule has 0 unspecified atom stereocenters. The quantitative estimate of drug-likeness (QED) is 0.580. The van der Waals surface area contributed by atoms with Gasteiger partial charge in [-0.05, 0) is 6.42 Å². The number of ether oxygens (including phenoxy) is 1. The van der Waals surface area contributed by atoms with Gasteiger partial charge in [-0.15, -0.1) is 12.4 Å². The second-order valence-corrected chi connectivity index (χ2v) is 1.79. The molecule has 0 saturated carbocycles. The van der Waals surface area contributed by atoms with Crippen molar-refractivity contribution < 1.29 is 9.53 Å². The number of nitrogens with two attached hydrogens (primary N) is 2. The summed E-state index contributed by atoms with van der Waals surface area (Å²) in [5, 5.41) is 0. The topological polar surface area (TPSA) is 78.3 Å². The fourth-order valence-electron chi connectivity index (χ4n) is 0.387. The summed E-state index contributed by atoms with van der Waals surface area (Å²) >= 11 is 0. The first-order valence-corrected chi connectivity index (χ1v) is 2.72. The van der Waals surface area contributed by atoms with Crippen molar-refractivity contribution in [3.8, 4) is 0 Å². The zero-order valence-electron chi connectivity index (χ0n) is 5.87. The number of primary amides is 1. The summed E-state index contributed by atoms with van der Waals surface area (Å²) in [6.07, 6.45) is 0.492. The zero-order valence-corrected chi connectivity index (χ0v) is 6.69. The van der Waals surface area contributed by atoms with Gasteiger partial charge in [0, 0.05) is 13.7 Å². The second kappa shape index (κ2) is 6.80. The first kappa shape index (κ1) is 12.4. The maximum atomic E-state index is 10.2. The maximum absolute atomic E-state index is 10.2. The van der Waals surface area contributed by atoms with Crippen LogP contribution < -0.4 is 11.5 Å². The Morgan fingerprint density at radius 1 is 1.70 bits per heavy atom. The van der Waals surface area contributed by atoms with Crippen LogP contribution in [0.2, 0.25) is 0 Å². The molecule has 10 heavy (non-hydrogen) atoms. The van der Waals surface area contributed by atoms with Crippen molar-refractivity contribution in [1.82, 2.24) is 0 Å². The van der Waals surface area contributed by atoms with E-state index in [9.17, 15) is 4.79 Å². The summed E-state index contributed by atoms with van der Waals surface area (Å²) in [6.45, 7) is 0.476. The minimum atomic E-state index is -0.565. The van der Waals surface area contributed by atoms with E-state index in [0.717, 1.165) is 0 Å². The number of carbonyl (C=O) groups excluding carboxylic acids is 1. The normalized spacial score (nSPS) is 11.8. The van der Waals surface area contributed by atoms with Crippen LogP contribution >= 0.6 is 12.4 Å². The van der Waals surface area contributed by atoms with E-state index in [1.807, 2.05) is 0 Å². The van der Waals surface area contributed by atoms with Crippen LogP contribution in [-0.4, -0.2) is 25.7 Å². The average Bonchev–Trinajstić information content (AvgIpc) is 1.82.